The highest BCUT2D eigenvalue weighted by Gasteiger charge is 2.15. The average molecular weight is 438 g/mol. The molecule has 2 N–H and O–H groups in total. The van der Waals surface area contributed by atoms with Gasteiger partial charge in [0.05, 0.1) is 0 Å². The lowest BCUT2D eigenvalue weighted by Gasteiger charge is -2.21. The van der Waals surface area contributed by atoms with Crippen LogP contribution in [0.2, 0.25) is 5.15 Å². The summed E-state index contributed by atoms with van der Waals surface area (Å²) < 4.78 is 5.42. The third-order valence-corrected chi connectivity index (χ3v) is 5.21. The Morgan fingerprint density at radius 1 is 1.23 bits per heavy atom. The van der Waals surface area contributed by atoms with Crippen LogP contribution in [0.5, 0.6) is 0 Å². The zero-order chi connectivity index (χ0) is 21.5. The Morgan fingerprint density at radius 2 is 2.10 bits per heavy atom. The predicted octanol–water partition coefficient (Wildman–Crippen LogP) is 4.91. The molecule has 1 unspecified atom stereocenters. The van der Waals surface area contributed by atoms with Crippen molar-refractivity contribution in [3.05, 3.63) is 82.8 Å². The largest absolute Gasteiger partial charge is 0.350 e. The van der Waals surface area contributed by atoms with Gasteiger partial charge in [-0.3, -0.25) is 4.79 Å². The second kappa shape index (κ2) is 10.4. The molecule has 3 aromatic rings. The molecule has 2 aromatic carbocycles. The lowest BCUT2D eigenvalue weighted by atomic mass is 10.1. The maximum Gasteiger partial charge on any atom is 0.267 e. The van der Waals surface area contributed by atoms with Crippen molar-refractivity contribution in [1.82, 2.24) is 15.4 Å². The molecule has 0 radical (unpaired) electrons. The SMILES string of the molecule is O=C(/C=C/c1cccc(Cc2nc(-c3ccccc3)c(Cl)[nH]2)c1)NOC1CCCCO1. The van der Waals surface area contributed by atoms with Gasteiger partial charge in [0.2, 0.25) is 0 Å². The van der Waals surface area contributed by atoms with E-state index in [2.05, 4.69) is 15.4 Å². The summed E-state index contributed by atoms with van der Waals surface area (Å²) in [6.07, 6.45) is 6.28. The van der Waals surface area contributed by atoms with E-state index in [0.717, 1.165) is 47.5 Å². The number of carbonyl (C=O) groups is 1. The van der Waals surface area contributed by atoms with Crippen LogP contribution in [-0.4, -0.2) is 28.8 Å². The van der Waals surface area contributed by atoms with Gasteiger partial charge in [0, 0.05) is 31.1 Å². The highest BCUT2D eigenvalue weighted by atomic mass is 35.5. The maximum atomic E-state index is 12.0. The van der Waals surface area contributed by atoms with Crippen LogP contribution in [-0.2, 0) is 20.8 Å². The van der Waals surface area contributed by atoms with Crippen molar-refractivity contribution in [2.45, 2.75) is 32.0 Å². The molecule has 1 aliphatic heterocycles. The summed E-state index contributed by atoms with van der Waals surface area (Å²) in [4.78, 5) is 25.1. The topological polar surface area (TPSA) is 76.2 Å². The first kappa shape index (κ1) is 21.3. The number of aromatic amines is 1. The number of imidazole rings is 1. The number of ether oxygens (including phenoxy) is 1. The zero-order valence-electron chi connectivity index (χ0n) is 17.0. The van der Waals surface area contributed by atoms with Crippen LogP contribution in [0.25, 0.3) is 17.3 Å². The summed E-state index contributed by atoms with van der Waals surface area (Å²) in [5, 5.41) is 0.524. The second-order valence-electron chi connectivity index (χ2n) is 7.35. The quantitative estimate of drug-likeness (QED) is 0.407. The van der Waals surface area contributed by atoms with E-state index in [9.17, 15) is 4.79 Å². The van der Waals surface area contributed by atoms with Gasteiger partial charge in [-0.25, -0.2) is 15.3 Å². The van der Waals surface area contributed by atoms with Crippen LogP contribution in [0.15, 0.2) is 60.7 Å². The zero-order valence-corrected chi connectivity index (χ0v) is 17.8. The molecule has 4 rings (SSSR count). The van der Waals surface area contributed by atoms with Gasteiger partial charge < -0.3 is 9.72 Å². The fraction of sp³-hybridized carbons (Fsp3) is 0.250. The third kappa shape index (κ3) is 6.04. The molecule has 7 heteroatoms. The molecule has 1 aliphatic rings. The lowest BCUT2D eigenvalue weighted by Crippen LogP contribution is -2.32. The van der Waals surface area contributed by atoms with Crippen molar-refractivity contribution in [3.63, 3.8) is 0 Å². The van der Waals surface area contributed by atoms with Crippen molar-refractivity contribution >= 4 is 23.6 Å². The van der Waals surface area contributed by atoms with Gasteiger partial charge >= 0.3 is 0 Å². The standard InChI is InChI=1S/C24H24ClN3O3/c25-24-23(19-9-2-1-3-10-19)26-20(27-24)16-18-8-6-7-17(15-18)12-13-21(29)28-31-22-11-4-5-14-30-22/h1-3,6-10,12-13,15,22H,4-5,11,14,16H2,(H,26,27)(H,28,29)/b13-12+. The smallest absolute Gasteiger partial charge is 0.267 e. The number of amides is 1. The summed E-state index contributed by atoms with van der Waals surface area (Å²) in [6, 6.07) is 17.7. The minimum absolute atomic E-state index is 0.329. The first-order chi connectivity index (χ1) is 15.2. The molecule has 160 valence electrons. The first-order valence-corrected chi connectivity index (χ1v) is 10.7. The summed E-state index contributed by atoms with van der Waals surface area (Å²) in [6.45, 7) is 0.664. The number of carbonyl (C=O) groups excluding carboxylic acids is 1. The highest BCUT2D eigenvalue weighted by molar-refractivity contribution is 6.31. The van der Waals surface area contributed by atoms with Gasteiger partial charge in [-0.05, 0) is 30.0 Å². The lowest BCUT2D eigenvalue weighted by molar-refractivity contribution is -0.198. The van der Waals surface area contributed by atoms with Crippen molar-refractivity contribution in [2.24, 2.45) is 0 Å². The first-order valence-electron chi connectivity index (χ1n) is 10.3. The Balaban J connectivity index is 1.36. The molecule has 31 heavy (non-hydrogen) atoms. The molecule has 0 bridgehead atoms. The summed E-state index contributed by atoms with van der Waals surface area (Å²) >= 11 is 6.35. The Labute approximate surface area is 186 Å². The molecule has 1 saturated heterocycles. The van der Waals surface area contributed by atoms with Crippen LogP contribution >= 0.6 is 11.6 Å². The van der Waals surface area contributed by atoms with E-state index in [1.165, 1.54) is 6.08 Å². The summed E-state index contributed by atoms with van der Waals surface area (Å²) in [5.41, 5.74) is 6.09. The predicted molar refractivity (Wildman–Crippen MR) is 120 cm³/mol. The van der Waals surface area contributed by atoms with E-state index >= 15 is 0 Å². The molecule has 1 aromatic heterocycles. The van der Waals surface area contributed by atoms with E-state index in [-0.39, 0.29) is 12.2 Å². The number of benzene rings is 2. The Kier molecular flexibility index (Phi) is 7.14. The number of rotatable bonds is 7. The molecular formula is C24H24ClN3O3. The summed E-state index contributed by atoms with van der Waals surface area (Å²) in [7, 11) is 0. The van der Waals surface area contributed by atoms with Gasteiger partial charge in [-0.15, -0.1) is 0 Å². The van der Waals surface area contributed by atoms with E-state index < -0.39 is 0 Å². The summed E-state index contributed by atoms with van der Waals surface area (Å²) in [5.74, 6) is 0.452. The fourth-order valence-corrected chi connectivity index (χ4v) is 3.66. The van der Waals surface area contributed by atoms with Gasteiger partial charge in [0.15, 0.2) is 6.29 Å². The fourth-order valence-electron chi connectivity index (χ4n) is 3.40. The van der Waals surface area contributed by atoms with E-state index in [1.54, 1.807) is 6.08 Å². The third-order valence-electron chi connectivity index (χ3n) is 4.93. The van der Waals surface area contributed by atoms with Crippen LogP contribution in [0.3, 0.4) is 0 Å². The van der Waals surface area contributed by atoms with Crippen molar-refractivity contribution in [2.75, 3.05) is 6.61 Å². The molecular weight excluding hydrogens is 414 g/mol. The second-order valence-corrected chi connectivity index (χ2v) is 7.73. The molecule has 1 amide bonds. The van der Waals surface area contributed by atoms with Crippen molar-refractivity contribution < 1.29 is 14.4 Å². The van der Waals surface area contributed by atoms with Gasteiger partial charge in [-0.2, -0.15) is 0 Å². The monoisotopic (exact) mass is 437 g/mol. The Morgan fingerprint density at radius 3 is 2.90 bits per heavy atom. The average Bonchev–Trinajstić information content (AvgIpc) is 3.17. The Bertz CT molecular complexity index is 1040. The molecule has 6 nitrogen and oxygen atoms in total. The Hall–Kier alpha value is -2.93. The molecule has 2 heterocycles. The number of nitrogens with one attached hydrogen (secondary N) is 2. The van der Waals surface area contributed by atoms with Crippen LogP contribution in [0.1, 0.15) is 36.2 Å². The molecule has 0 spiro atoms. The van der Waals surface area contributed by atoms with Crippen molar-refractivity contribution in [3.8, 4) is 11.3 Å². The van der Waals surface area contributed by atoms with Crippen LogP contribution in [0.4, 0.5) is 0 Å². The van der Waals surface area contributed by atoms with Gasteiger partial charge in [-0.1, -0.05) is 66.2 Å². The maximum absolute atomic E-state index is 12.0. The van der Waals surface area contributed by atoms with E-state index in [1.807, 2.05) is 54.6 Å². The molecule has 0 saturated carbocycles. The number of aromatic nitrogens is 2. The normalized spacial score (nSPS) is 16.5. The number of hydrogen-bond acceptors (Lipinski definition) is 4. The minimum Gasteiger partial charge on any atom is -0.350 e. The van der Waals surface area contributed by atoms with Gasteiger partial charge in [0.1, 0.15) is 16.7 Å². The number of halogens is 1. The minimum atomic E-state index is -0.365. The van der Waals surface area contributed by atoms with Crippen LogP contribution in [0, 0.1) is 0 Å². The van der Waals surface area contributed by atoms with Gasteiger partial charge in [0.25, 0.3) is 5.91 Å². The highest BCUT2D eigenvalue weighted by Crippen LogP contribution is 2.26. The molecule has 1 fully saturated rings. The number of nitrogens with zero attached hydrogens (tertiary/aromatic N) is 1. The number of hydrogen-bond donors (Lipinski definition) is 2. The van der Waals surface area contributed by atoms with Crippen molar-refractivity contribution in [1.29, 1.82) is 0 Å². The van der Waals surface area contributed by atoms with E-state index in [4.69, 9.17) is 21.2 Å². The molecule has 1 atom stereocenters. The number of H-pyrrole nitrogens is 1. The molecule has 0 aliphatic carbocycles. The number of hydroxylamine groups is 1. The van der Waals surface area contributed by atoms with Crippen LogP contribution < -0.4 is 5.48 Å². The van der Waals surface area contributed by atoms with E-state index in [0.29, 0.717) is 18.2 Å².